The molecule has 0 unspecified atom stereocenters. The minimum absolute atomic E-state index is 0. The monoisotopic (exact) mass is 216 g/mol. The molecule has 0 aliphatic rings. The summed E-state index contributed by atoms with van der Waals surface area (Å²) in [5, 5.41) is 0. The molecule has 0 aliphatic carbocycles. The van der Waals surface area contributed by atoms with Crippen LogP contribution in [0.3, 0.4) is 0 Å². The van der Waals surface area contributed by atoms with Gasteiger partial charge in [0.2, 0.25) is 0 Å². The van der Waals surface area contributed by atoms with Gasteiger partial charge in [-0.15, -0.1) is 6.58 Å². The molecule has 0 aromatic rings. The molecule has 5 heteroatoms. The Kier molecular flexibility index (Phi) is 10.1. The van der Waals surface area contributed by atoms with Crippen molar-refractivity contribution in [3.8, 4) is 0 Å². The van der Waals surface area contributed by atoms with E-state index >= 15 is 0 Å². The second-order valence-corrected chi connectivity index (χ2v) is 4.20. The van der Waals surface area contributed by atoms with Crippen molar-refractivity contribution in [2.75, 3.05) is 5.75 Å². The molecule has 0 N–H and O–H groups in total. The Morgan fingerprint density at radius 2 is 1.92 bits per heavy atom. The van der Waals surface area contributed by atoms with Crippen molar-refractivity contribution in [2.45, 2.75) is 26.2 Å². The Hall–Kier alpha value is 1.29. The zero-order chi connectivity index (χ0) is 8.91. The molecule has 12 heavy (non-hydrogen) atoms. The fourth-order valence-electron chi connectivity index (χ4n) is 0.706. The summed E-state index contributed by atoms with van der Waals surface area (Å²) in [5.41, 5.74) is 1.02. The first-order chi connectivity index (χ1) is 4.92. The fourth-order valence-corrected chi connectivity index (χ4v) is 1.26. The minimum Gasteiger partial charge on any atom is -0.748 e. The van der Waals surface area contributed by atoms with Gasteiger partial charge in [0.05, 0.1) is 10.1 Å². The molecule has 0 rings (SSSR count). The van der Waals surface area contributed by atoms with Gasteiger partial charge in [-0.05, 0) is 26.2 Å². The zero-order valence-corrected chi connectivity index (χ0v) is 11.6. The summed E-state index contributed by atoms with van der Waals surface area (Å²) in [4.78, 5) is 0. The van der Waals surface area contributed by atoms with Crippen molar-refractivity contribution in [3.05, 3.63) is 12.2 Å². The van der Waals surface area contributed by atoms with Crippen molar-refractivity contribution in [3.63, 3.8) is 0 Å². The molecule has 3 nitrogen and oxygen atoms in total. The largest absolute Gasteiger partial charge is 1.00 e. The number of hydrogen-bond donors (Lipinski definition) is 0. The van der Waals surface area contributed by atoms with Crippen LogP contribution in [-0.4, -0.2) is 18.7 Å². The zero-order valence-electron chi connectivity index (χ0n) is 7.67. The Bertz CT molecular complexity index is 221. The van der Waals surface area contributed by atoms with Gasteiger partial charge in [0.15, 0.2) is 0 Å². The molecule has 0 aromatic heterocycles. The summed E-state index contributed by atoms with van der Waals surface area (Å²) in [6.07, 6.45) is 1.98. The molecule has 0 aromatic carbocycles. The van der Waals surface area contributed by atoms with E-state index in [0.717, 1.165) is 18.4 Å². The van der Waals surface area contributed by atoms with Gasteiger partial charge < -0.3 is 4.55 Å². The van der Waals surface area contributed by atoms with E-state index in [-0.39, 0.29) is 57.1 Å². The molecule has 66 valence electrons. The van der Waals surface area contributed by atoms with Crippen LogP contribution in [-0.2, 0) is 10.1 Å². The Morgan fingerprint density at radius 3 is 2.25 bits per heavy atom. The maximum Gasteiger partial charge on any atom is 1.00 e. The van der Waals surface area contributed by atoms with Gasteiger partial charge in [0.1, 0.15) is 0 Å². The van der Waals surface area contributed by atoms with Gasteiger partial charge in [-0.1, -0.05) is 5.57 Å². The maximum absolute atomic E-state index is 10.1. The second-order valence-electron chi connectivity index (χ2n) is 2.68. The first kappa shape index (κ1) is 15.7. The van der Waals surface area contributed by atoms with Crippen LogP contribution in [0.1, 0.15) is 26.2 Å². The molecule has 0 radical (unpaired) electrons. The van der Waals surface area contributed by atoms with E-state index in [1.54, 1.807) is 0 Å². The summed E-state index contributed by atoms with van der Waals surface area (Å²) in [6, 6.07) is 0. The predicted molar refractivity (Wildman–Crippen MR) is 43.2 cm³/mol. The standard InChI is InChI=1S/C7H14O3S.K/c1-7(2)5-3-4-6-11(8,9)10;/h1,3-6H2,2H3,(H,8,9,10);/q;+1/p-1. The molecule has 0 saturated carbocycles. The molecule has 0 heterocycles. The van der Waals surface area contributed by atoms with E-state index < -0.39 is 10.1 Å². The van der Waals surface area contributed by atoms with E-state index in [0.29, 0.717) is 6.42 Å². The summed E-state index contributed by atoms with van der Waals surface area (Å²) >= 11 is 0. The van der Waals surface area contributed by atoms with Crippen molar-refractivity contribution in [2.24, 2.45) is 0 Å². The van der Waals surface area contributed by atoms with Gasteiger partial charge in [-0.25, -0.2) is 8.42 Å². The molecule has 0 fully saturated rings. The second kappa shape index (κ2) is 7.67. The maximum atomic E-state index is 10.1. The Balaban J connectivity index is 0. The van der Waals surface area contributed by atoms with E-state index in [2.05, 4.69) is 6.58 Å². The van der Waals surface area contributed by atoms with Crippen LogP contribution in [0.25, 0.3) is 0 Å². The van der Waals surface area contributed by atoms with E-state index in [1.807, 2.05) is 6.92 Å². The SMILES string of the molecule is C=C(C)CCCCS(=O)(=O)[O-].[K+]. The quantitative estimate of drug-likeness (QED) is 0.238. The number of hydrogen-bond acceptors (Lipinski definition) is 3. The summed E-state index contributed by atoms with van der Waals surface area (Å²) < 4.78 is 30.3. The topological polar surface area (TPSA) is 57.2 Å². The van der Waals surface area contributed by atoms with Crippen LogP contribution in [0.2, 0.25) is 0 Å². The molecule has 0 amide bonds. The van der Waals surface area contributed by atoms with E-state index in [1.165, 1.54) is 0 Å². The van der Waals surface area contributed by atoms with Crippen molar-refractivity contribution < 1.29 is 64.4 Å². The Labute approximate surface area is 117 Å². The average molecular weight is 216 g/mol. The molecular formula is C7H13KO3S. The third-order valence-electron chi connectivity index (χ3n) is 1.25. The van der Waals surface area contributed by atoms with E-state index in [9.17, 15) is 13.0 Å². The third-order valence-corrected chi connectivity index (χ3v) is 2.04. The normalized spacial score (nSPS) is 10.5. The van der Waals surface area contributed by atoms with Crippen LogP contribution in [0, 0.1) is 0 Å². The van der Waals surface area contributed by atoms with Gasteiger partial charge >= 0.3 is 51.4 Å². The number of allylic oxidation sites excluding steroid dienone is 1. The first-order valence-electron chi connectivity index (χ1n) is 3.50. The third kappa shape index (κ3) is 13.8. The van der Waals surface area contributed by atoms with Gasteiger partial charge in [-0.2, -0.15) is 0 Å². The smallest absolute Gasteiger partial charge is 0.748 e. The molecule has 0 atom stereocenters. The van der Waals surface area contributed by atoms with Crippen LogP contribution >= 0.6 is 0 Å². The summed E-state index contributed by atoms with van der Waals surface area (Å²) in [7, 11) is -4.00. The van der Waals surface area contributed by atoms with Crippen molar-refractivity contribution in [1.29, 1.82) is 0 Å². The first-order valence-corrected chi connectivity index (χ1v) is 5.07. The molecule has 0 aliphatic heterocycles. The molecule has 0 bridgehead atoms. The predicted octanol–water partition coefficient (Wildman–Crippen LogP) is -1.72. The van der Waals surface area contributed by atoms with Crippen LogP contribution in [0.15, 0.2) is 12.2 Å². The summed E-state index contributed by atoms with van der Waals surface area (Å²) in [5.74, 6) is -0.250. The van der Waals surface area contributed by atoms with Crippen LogP contribution in [0.5, 0.6) is 0 Å². The van der Waals surface area contributed by atoms with Gasteiger partial charge in [-0.3, -0.25) is 0 Å². The van der Waals surface area contributed by atoms with Gasteiger partial charge in [0, 0.05) is 5.75 Å². The average Bonchev–Trinajstić information content (AvgIpc) is 1.78. The van der Waals surface area contributed by atoms with Crippen molar-refractivity contribution >= 4 is 10.1 Å². The van der Waals surface area contributed by atoms with Crippen molar-refractivity contribution in [1.82, 2.24) is 0 Å². The van der Waals surface area contributed by atoms with E-state index in [4.69, 9.17) is 0 Å². The van der Waals surface area contributed by atoms with Crippen LogP contribution in [0.4, 0.5) is 0 Å². The molecular weight excluding hydrogens is 203 g/mol. The van der Waals surface area contributed by atoms with Crippen LogP contribution < -0.4 is 51.4 Å². The van der Waals surface area contributed by atoms with Gasteiger partial charge in [0.25, 0.3) is 0 Å². The molecule has 0 saturated heterocycles. The minimum atomic E-state index is -4.00. The number of rotatable bonds is 5. The number of unbranched alkanes of at least 4 members (excludes halogenated alkanes) is 1. The molecule has 0 spiro atoms. The Morgan fingerprint density at radius 1 is 1.42 bits per heavy atom. The summed E-state index contributed by atoms with van der Waals surface area (Å²) in [6.45, 7) is 5.54. The fraction of sp³-hybridized carbons (Fsp3) is 0.714.